The van der Waals surface area contributed by atoms with Gasteiger partial charge in [0.1, 0.15) is 0 Å². The summed E-state index contributed by atoms with van der Waals surface area (Å²) >= 11 is 0. The maximum atomic E-state index is 7.87. The molecule has 28 heavy (non-hydrogen) atoms. The van der Waals surface area contributed by atoms with Crippen molar-refractivity contribution in [3.05, 3.63) is 52.6 Å². The van der Waals surface area contributed by atoms with Crippen molar-refractivity contribution in [3.8, 4) is 11.3 Å². The van der Waals surface area contributed by atoms with E-state index in [1.165, 1.54) is 29.3 Å². The summed E-state index contributed by atoms with van der Waals surface area (Å²) in [5.74, 6) is 0. The van der Waals surface area contributed by atoms with E-state index in [-0.39, 0.29) is 5.60 Å². The van der Waals surface area contributed by atoms with Crippen LogP contribution in [0.1, 0.15) is 48.9 Å². The number of anilines is 1. The number of aryl methyl sites for hydroxylation is 1. The largest absolute Gasteiger partial charge is 0.426 e. The SMILES string of the molecule is CC1(C)O[B]c2cc(-c3nc4ccc(N)c(C=N)c4c4c3CCCC4)ccc21. The van der Waals surface area contributed by atoms with Crippen LogP contribution in [0.25, 0.3) is 22.2 Å². The fourth-order valence-electron chi connectivity index (χ4n) is 4.69. The summed E-state index contributed by atoms with van der Waals surface area (Å²) in [5.41, 5.74) is 15.4. The third kappa shape index (κ3) is 2.50. The monoisotopic (exact) mass is 368 g/mol. The van der Waals surface area contributed by atoms with Crippen LogP contribution >= 0.6 is 0 Å². The van der Waals surface area contributed by atoms with Crippen molar-refractivity contribution in [3.63, 3.8) is 0 Å². The Morgan fingerprint density at radius 2 is 1.93 bits per heavy atom. The molecule has 0 bridgehead atoms. The Labute approximate surface area is 165 Å². The van der Waals surface area contributed by atoms with E-state index in [9.17, 15) is 0 Å². The first-order valence-corrected chi connectivity index (χ1v) is 9.90. The van der Waals surface area contributed by atoms with Gasteiger partial charge in [-0.05, 0) is 79.4 Å². The van der Waals surface area contributed by atoms with Crippen molar-refractivity contribution >= 4 is 35.8 Å². The zero-order chi connectivity index (χ0) is 19.5. The molecule has 139 valence electrons. The highest BCUT2D eigenvalue weighted by atomic mass is 16.5. The molecule has 0 unspecified atom stereocenters. The van der Waals surface area contributed by atoms with Gasteiger partial charge in [0.05, 0.1) is 16.8 Å². The Bertz CT molecular complexity index is 1140. The Balaban J connectivity index is 1.78. The van der Waals surface area contributed by atoms with E-state index in [0.29, 0.717) is 5.69 Å². The zero-order valence-electron chi connectivity index (χ0n) is 16.3. The predicted molar refractivity (Wildman–Crippen MR) is 116 cm³/mol. The van der Waals surface area contributed by atoms with Crippen LogP contribution in [0.4, 0.5) is 5.69 Å². The lowest BCUT2D eigenvalue weighted by Gasteiger charge is -2.23. The lowest BCUT2D eigenvalue weighted by Crippen LogP contribution is -2.16. The number of pyridine rings is 1. The van der Waals surface area contributed by atoms with Gasteiger partial charge in [-0.15, -0.1) is 0 Å². The second-order valence-corrected chi connectivity index (χ2v) is 8.28. The first-order chi connectivity index (χ1) is 13.5. The second-order valence-electron chi connectivity index (χ2n) is 8.28. The maximum Gasteiger partial charge on any atom is 0.331 e. The summed E-state index contributed by atoms with van der Waals surface area (Å²) in [4.78, 5) is 5.06. The van der Waals surface area contributed by atoms with Gasteiger partial charge in [-0.3, -0.25) is 0 Å². The fourth-order valence-corrected chi connectivity index (χ4v) is 4.69. The number of fused-ring (bicyclic) bond motifs is 4. The molecule has 3 aromatic rings. The van der Waals surface area contributed by atoms with E-state index in [1.54, 1.807) is 0 Å². The number of rotatable bonds is 2. The number of nitrogens with two attached hydrogens (primary N) is 1. The van der Waals surface area contributed by atoms with Gasteiger partial charge in [-0.25, -0.2) is 4.98 Å². The van der Waals surface area contributed by atoms with Crippen molar-refractivity contribution in [2.75, 3.05) is 5.73 Å². The van der Waals surface area contributed by atoms with Crippen molar-refractivity contribution < 1.29 is 4.65 Å². The number of nitrogens with zero attached hydrogens (tertiary/aromatic N) is 1. The topological polar surface area (TPSA) is 72.0 Å². The van der Waals surface area contributed by atoms with Crippen molar-refractivity contribution in [2.45, 2.75) is 45.1 Å². The van der Waals surface area contributed by atoms with Crippen LogP contribution in [0.5, 0.6) is 0 Å². The minimum absolute atomic E-state index is 0.277. The minimum atomic E-state index is -0.277. The number of hydrogen-bond acceptors (Lipinski definition) is 4. The van der Waals surface area contributed by atoms with E-state index in [4.69, 9.17) is 20.8 Å². The number of nitrogen functional groups attached to an aromatic ring is 1. The lowest BCUT2D eigenvalue weighted by molar-refractivity contribution is 0.131. The molecule has 1 radical (unpaired) electrons. The normalized spacial score (nSPS) is 17.1. The molecule has 1 aromatic heterocycles. The summed E-state index contributed by atoms with van der Waals surface area (Å²) in [7, 11) is 1.86. The third-order valence-electron chi connectivity index (χ3n) is 6.14. The van der Waals surface area contributed by atoms with Crippen molar-refractivity contribution in [2.24, 2.45) is 0 Å². The molecule has 1 aliphatic carbocycles. The first-order valence-electron chi connectivity index (χ1n) is 9.90. The van der Waals surface area contributed by atoms with E-state index in [1.807, 2.05) is 19.6 Å². The van der Waals surface area contributed by atoms with Crippen LogP contribution < -0.4 is 11.2 Å². The van der Waals surface area contributed by atoms with Crippen LogP contribution in [-0.4, -0.2) is 18.7 Å². The second kappa shape index (κ2) is 6.18. The van der Waals surface area contributed by atoms with Gasteiger partial charge >= 0.3 is 7.48 Å². The summed E-state index contributed by atoms with van der Waals surface area (Å²) in [6.07, 6.45) is 5.74. The standard InChI is InChI=1S/C23H23BN3O/c1-23(2)17-8-7-13(11-18(17)24-28-23)22-15-6-4-3-5-14(15)21-16(12-25)19(26)9-10-20(21)27-22/h7-12,25H,3-6,26H2,1-2H3. The molecule has 0 amide bonds. The van der Waals surface area contributed by atoms with Gasteiger partial charge in [-0.1, -0.05) is 18.2 Å². The van der Waals surface area contributed by atoms with E-state index < -0.39 is 0 Å². The van der Waals surface area contributed by atoms with Gasteiger partial charge in [0, 0.05) is 22.9 Å². The van der Waals surface area contributed by atoms with Gasteiger partial charge in [0.15, 0.2) is 0 Å². The molecule has 2 aliphatic rings. The van der Waals surface area contributed by atoms with E-state index in [0.717, 1.165) is 52.4 Å². The van der Waals surface area contributed by atoms with E-state index >= 15 is 0 Å². The van der Waals surface area contributed by atoms with Crippen LogP contribution in [0.3, 0.4) is 0 Å². The molecule has 2 heterocycles. The summed E-state index contributed by atoms with van der Waals surface area (Å²) in [6, 6.07) is 10.4. The van der Waals surface area contributed by atoms with Crippen LogP contribution in [0.2, 0.25) is 0 Å². The molecule has 1 aliphatic heterocycles. The molecule has 3 N–H and O–H groups in total. The van der Waals surface area contributed by atoms with Crippen LogP contribution in [-0.2, 0) is 23.1 Å². The number of nitrogens with one attached hydrogen (secondary N) is 1. The minimum Gasteiger partial charge on any atom is -0.426 e. The average Bonchev–Trinajstić information content (AvgIpc) is 3.01. The summed E-state index contributed by atoms with van der Waals surface area (Å²) in [5, 5.41) is 8.93. The average molecular weight is 368 g/mol. The van der Waals surface area contributed by atoms with Gasteiger partial charge < -0.3 is 15.8 Å². The highest BCUT2D eigenvalue weighted by Crippen LogP contribution is 2.38. The number of aromatic nitrogens is 1. The fraction of sp³-hybridized carbons (Fsp3) is 0.304. The predicted octanol–water partition coefficient (Wildman–Crippen LogP) is 3.87. The molecule has 2 aromatic carbocycles. The summed E-state index contributed by atoms with van der Waals surface area (Å²) in [6.45, 7) is 4.18. The molecule has 5 rings (SSSR count). The van der Waals surface area contributed by atoms with Crippen molar-refractivity contribution in [1.29, 1.82) is 5.41 Å². The molecule has 0 fully saturated rings. The third-order valence-corrected chi connectivity index (χ3v) is 6.14. The van der Waals surface area contributed by atoms with Gasteiger partial charge in [0.25, 0.3) is 0 Å². The molecule has 0 atom stereocenters. The lowest BCUT2D eigenvalue weighted by atomic mass is 9.81. The molecule has 0 spiro atoms. The molecule has 5 heteroatoms. The van der Waals surface area contributed by atoms with Gasteiger partial charge in [0.2, 0.25) is 0 Å². The van der Waals surface area contributed by atoms with E-state index in [2.05, 4.69) is 32.0 Å². The van der Waals surface area contributed by atoms with Crippen LogP contribution in [0, 0.1) is 5.41 Å². The maximum absolute atomic E-state index is 7.87. The quantitative estimate of drug-likeness (QED) is 0.410. The van der Waals surface area contributed by atoms with Gasteiger partial charge in [-0.2, -0.15) is 0 Å². The zero-order valence-corrected chi connectivity index (χ0v) is 16.3. The number of benzene rings is 2. The Hall–Kier alpha value is -2.66. The molecular weight excluding hydrogens is 345 g/mol. The Morgan fingerprint density at radius 1 is 1.14 bits per heavy atom. The van der Waals surface area contributed by atoms with Crippen molar-refractivity contribution in [1.82, 2.24) is 4.98 Å². The smallest absolute Gasteiger partial charge is 0.331 e. The number of hydrogen-bond donors (Lipinski definition) is 2. The molecular formula is C23H23BN3O. The molecule has 4 nitrogen and oxygen atoms in total. The highest BCUT2D eigenvalue weighted by molar-refractivity contribution is 6.49. The van der Waals surface area contributed by atoms with Crippen LogP contribution in [0.15, 0.2) is 30.3 Å². The molecule has 0 saturated carbocycles. The Morgan fingerprint density at radius 3 is 2.71 bits per heavy atom. The Kier molecular flexibility index (Phi) is 3.85. The highest BCUT2D eigenvalue weighted by Gasteiger charge is 2.32. The summed E-state index contributed by atoms with van der Waals surface area (Å²) < 4.78 is 5.84. The molecule has 0 saturated heterocycles. The first kappa shape index (κ1) is 17.4.